The van der Waals surface area contributed by atoms with Crippen molar-refractivity contribution in [3.8, 4) is 0 Å². The van der Waals surface area contributed by atoms with Crippen molar-refractivity contribution >= 4 is 27.3 Å². The molecule has 0 bridgehead atoms. The van der Waals surface area contributed by atoms with E-state index in [0.717, 1.165) is 24.2 Å². The molecule has 106 valence electrons. The maximum Gasteiger partial charge on any atom is 0.258 e. The van der Waals surface area contributed by atoms with E-state index in [1.54, 1.807) is 6.92 Å². The van der Waals surface area contributed by atoms with Gasteiger partial charge in [0.25, 0.3) is 5.91 Å². The largest absolute Gasteiger partial charge is 0.377 e. The average molecular weight is 304 g/mol. The normalized spacial score (nSPS) is 19.7. The lowest BCUT2D eigenvalue weighted by molar-refractivity contribution is 0.100. The standard InChI is InChI=1S/C11H16N2O4S2/c1-7-10(5-9(18-7)11(12)14)19(15,16)13-6-8-3-2-4-17-8/h5,8,13H,2-4,6H2,1H3,(H2,12,14)/t8-/m1/s1. The number of carbonyl (C=O) groups excluding carboxylic acids is 1. The van der Waals surface area contributed by atoms with Gasteiger partial charge in [-0.25, -0.2) is 13.1 Å². The minimum absolute atomic E-state index is 0.0654. The van der Waals surface area contributed by atoms with Crippen LogP contribution in [0.3, 0.4) is 0 Å². The van der Waals surface area contributed by atoms with E-state index >= 15 is 0 Å². The molecule has 0 saturated carbocycles. The predicted molar refractivity (Wildman–Crippen MR) is 71.7 cm³/mol. The summed E-state index contributed by atoms with van der Waals surface area (Å²) in [5.74, 6) is -0.617. The van der Waals surface area contributed by atoms with Gasteiger partial charge in [0.05, 0.1) is 15.9 Å². The number of thiophene rings is 1. The van der Waals surface area contributed by atoms with E-state index in [1.165, 1.54) is 6.07 Å². The lowest BCUT2D eigenvalue weighted by atomic mass is 10.2. The van der Waals surface area contributed by atoms with Crippen molar-refractivity contribution in [3.05, 3.63) is 15.8 Å². The van der Waals surface area contributed by atoms with Crippen molar-refractivity contribution < 1.29 is 17.9 Å². The Morgan fingerprint density at radius 2 is 2.37 bits per heavy atom. The van der Waals surface area contributed by atoms with Crippen LogP contribution in [0.1, 0.15) is 27.4 Å². The van der Waals surface area contributed by atoms with E-state index in [2.05, 4.69) is 4.72 Å². The van der Waals surface area contributed by atoms with Crippen LogP contribution in [0, 0.1) is 6.92 Å². The number of amides is 1. The summed E-state index contributed by atoms with van der Waals surface area (Å²) in [7, 11) is -3.62. The first-order chi connectivity index (χ1) is 8.90. The third-order valence-corrected chi connectivity index (χ3v) is 5.67. The summed E-state index contributed by atoms with van der Waals surface area (Å²) in [6.45, 7) is 2.58. The molecule has 6 nitrogen and oxygen atoms in total. The highest BCUT2D eigenvalue weighted by Crippen LogP contribution is 2.25. The summed E-state index contributed by atoms with van der Waals surface area (Å²) in [5, 5.41) is 0. The van der Waals surface area contributed by atoms with Crippen LogP contribution in [-0.2, 0) is 14.8 Å². The van der Waals surface area contributed by atoms with Gasteiger partial charge in [-0.15, -0.1) is 11.3 Å². The van der Waals surface area contributed by atoms with E-state index in [1.807, 2.05) is 0 Å². The van der Waals surface area contributed by atoms with E-state index in [-0.39, 0.29) is 22.4 Å². The van der Waals surface area contributed by atoms with Crippen LogP contribution in [-0.4, -0.2) is 33.6 Å². The van der Waals surface area contributed by atoms with Gasteiger partial charge >= 0.3 is 0 Å². The van der Waals surface area contributed by atoms with Gasteiger partial charge < -0.3 is 10.5 Å². The van der Waals surface area contributed by atoms with Crippen LogP contribution in [0.25, 0.3) is 0 Å². The predicted octanol–water partition coefficient (Wildman–Crippen LogP) is 0.613. The number of rotatable bonds is 5. The average Bonchev–Trinajstić information content (AvgIpc) is 2.95. The molecule has 2 heterocycles. The van der Waals surface area contributed by atoms with Crippen LogP contribution in [0.2, 0.25) is 0 Å². The molecule has 1 aliphatic rings. The fourth-order valence-electron chi connectivity index (χ4n) is 1.94. The molecule has 0 spiro atoms. The van der Waals surface area contributed by atoms with Crippen LogP contribution in [0.4, 0.5) is 0 Å². The zero-order valence-electron chi connectivity index (χ0n) is 10.5. The van der Waals surface area contributed by atoms with Crippen LogP contribution < -0.4 is 10.5 Å². The van der Waals surface area contributed by atoms with E-state index in [0.29, 0.717) is 11.5 Å². The highest BCUT2D eigenvalue weighted by Gasteiger charge is 2.24. The Kier molecular flexibility index (Phi) is 4.24. The summed E-state index contributed by atoms with van der Waals surface area (Å²) in [5.41, 5.74) is 5.15. The molecule has 3 N–H and O–H groups in total. The number of nitrogens with one attached hydrogen (secondary N) is 1. The molecule has 0 unspecified atom stereocenters. The molecule has 1 fully saturated rings. The molecule has 1 aliphatic heterocycles. The maximum absolute atomic E-state index is 12.1. The van der Waals surface area contributed by atoms with Gasteiger partial charge in [0, 0.05) is 18.0 Å². The molecule has 1 atom stereocenters. The molecule has 8 heteroatoms. The molecule has 2 rings (SSSR count). The first-order valence-electron chi connectivity index (χ1n) is 5.91. The number of primary amides is 1. The zero-order chi connectivity index (χ0) is 14.0. The Bertz CT molecular complexity index is 574. The number of ether oxygens (including phenoxy) is 1. The molecule has 1 amide bonds. The minimum Gasteiger partial charge on any atom is -0.377 e. The second-order valence-corrected chi connectivity index (χ2v) is 7.37. The van der Waals surface area contributed by atoms with Gasteiger partial charge in [-0.2, -0.15) is 0 Å². The van der Waals surface area contributed by atoms with Crippen LogP contribution in [0.5, 0.6) is 0 Å². The summed E-state index contributed by atoms with van der Waals surface area (Å²) >= 11 is 1.08. The highest BCUT2D eigenvalue weighted by atomic mass is 32.2. The first kappa shape index (κ1) is 14.4. The number of hydrogen-bond donors (Lipinski definition) is 2. The Hall–Kier alpha value is -0.960. The Morgan fingerprint density at radius 1 is 1.63 bits per heavy atom. The third-order valence-electron chi connectivity index (χ3n) is 2.93. The molecular formula is C11H16N2O4S2. The third kappa shape index (κ3) is 3.33. The van der Waals surface area contributed by atoms with Gasteiger partial charge in [-0.05, 0) is 25.8 Å². The summed E-state index contributed by atoms with van der Waals surface area (Å²) in [6, 6.07) is 1.32. The van der Waals surface area contributed by atoms with Gasteiger partial charge in [-0.3, -0.25) is 4.79 Å². The number of carbonyl (C=O) groups is 1. The van der Waals surface area contributed by atoms with Crippen molar-refractivity contribution in [3.63, 3.8) is 0 Å². The smallest absolute Gasteiger partial charge is 0.258 e. The Morgan fingerprint density at radius 3 is 2.89 bits per heavy atom. The molecule has 0 radical (unpaired) electrons. The molecule has 0 aliphatic carbocycles. The van der Waals surface area contributed by atoms with Crippen LogP contribution >= 0.6 is 11.3 Å². The summed E-state index contributed by atoms with van der Waals surface area (Å²) in [4.78, 5) is 12.0. The van der Waals surface area contributed by atoms with Crippen molar-refractivity contribution in [1.82, 2.24) is 4.72 Å². The lowest BCUT2D eigenvalue weighted by Crippen LogP contribution is -2.31. The van der Waals surface area contributed by atoms with Gasteiger partial charge in [0.2, 0.25) is 10.0 Å². The maximum atomic E-state index is 12.1. The minimum atomic E-state index is -3.62. The van der Waals surface area contributed by atoms with Crippen molar-refractivity contribution in [2.45, 2.75) is 30.8 Å². The Labute approximate surface area is 116 Å². The lowest BCUT2D eigenvalue weighted by Gasteiger charge is -2.11. The summed E-state index contributed by atoms with van der Waals surface area (Å²) in [6.07, 6.45) is 1.75. The second kappa shape index (κ2) is 5.58. The van der Waals surface area contributed by atoms with Crippen molar-refractivity contribution in [2.75, 3.05) is 13.2 Å². The second-order valence-electron chi connectivity index (χ2n) is 4.38. The number of aryl methyl sites for hydroxylation is 1. The topological polar surface area (TPSA) is 98.5 Å². The van der Waals surface area contributed by atoms with Gasteiger partial charge in [0.1, 0.15) is 0 Å². The molecule has 1 aromatic heterocycles. The van der Waals surface area contributed by atoms with Gasteiger partial charge in [0.15, 0.2) is 0 Å². The fraction of sp³-hybridized carbons (Fsp3) is 0.545. The molecule has 19 heavy (non-hydrogen) atoms. The molecule has 0 aromatic carbocycles. The van der Waals surface area contributed by atoms with Crippen molar-refractivity contribution in [2.24, 2.45) is 5.73 Å². The highest BCUT2D eigenvalue weighted by molar-refractivity contribution is 7.89. The molecule has 1 aromatic rings. The summed E-state index contributed by atoms with van der Waals surface area (Å²) < 4.78 is 32.1. The van der Waals surface area contributed by atoms with Gasteiger partial charge in [-0.1, -0.05) is 0 Å². The SMILES string of the molecule is Cc1sc(C(N)=O)cc1S(=O)(=O)NC[C@H]1CCCO1. The van der Waals surface area contributed by atoms with E-state index < -0.39 is 15.9 Å². The van der Waals surface area contributed by atoms with Crippen LogP contribution in [0.15, 0.2) is 11.0 Å². The fourth-order valence-corrected chi connectivity index (χ4v) is 4.45. The number of sulfonamides is 1. The number of hydrogen-bond acceptors (Lipinski definition) is 5. The quantitative estimate of drug-likeness (QED) is 0.832. The molecular weight excluding hydrogens is 288 g/mol. The zero-order valence-corrected chi connectivity index (χ0v) is 12.1. The first-order valence-corrected chi connectivity index (χ1v) is 8.21. The monoisotopic (exact) mass is 304 g/mol. The van der Waals surface area contributed by atoms with E-state index in [9.17, 15) is 13.2 Å². The Balaban J connectivity index is 2.12. The molecule has 1 saturated heterocycles. The van der Waals surface area contributed by atoms with Crippen molar-refractivity contribution in [1.29, 1.82) is 0 Å². The number of nitrogens with two attached hydrogens (primary N) is 1. The van der Waals surface area contributed by atoms with E-state index in [4.69, 9.17) is 10.5 Å².